The van der Waals surface area contributed by atoms with E-state index < -0.39 is 0 Å². The molecule has 4 nitrogen and oxygen atoms in total. The van der Waals surface area contributed by atoms with Gasteiger partial charge < -0.3 is 11.1 Å². The van der Waals surface area contributed by atoms with E-state index in [2.05, 4.69) is 15.5 Å². The molecule has 0 aliphatic heterocycles. The third-order valence-corrected chi connectivity index (χ3v) is 2.16. The Bertz CT molecular complexity index is 408. The van der Waals surface area contributed by atoms with E-state index in [0.29, 0.717) is 6.54 Å². The molecule has 1 aromatic heterocycles. The molecule has 0 aliphatic carbocycles. The number of nitrogens with two attached hydrogens (primary N) is 1. The second-order valence-corrected chi connectivity index (χ2v) is 3.24. The zero-order valence-corrected chi connectivity index (χ0v) is 8.40. The fraction of sp³-hybridized carbons (Fsp3) is 0.182. The van der Waals surface area contributed by atoms with E-state index in [-0.39, 0.29) is 0 Å². The number of hydrogen-bond acceptors (Lipinski definition) is 3. The van der Waals surface area contributed by atoms with Crippen molar-refractivity contribution in [2.75, 3.05) is 18.4 Å². The summed E-state index contributed by atoms with van der Waals surface area (Å²) in [5, 5.41) is 10.2. The highest BCUT2D eigenvalue weighted by Gasteiger charge is 2.05. The van der Waals surface area contributed by atoms with E-state index in [1.54, 1.807) is 6.20 Å². The lowest BCUT2D eigenvalue weighted by molar-refractivity contribution is 1.03. The Morgan fingerprint density at radius 3 is 2.80 bits per heavy atom. The first-order valence-electron chi connectivity index (χ1n) is 4.94. The Kier molecular flexibility index (Phi) is 2.99. The highest BCUT2D eigenvalue weighted by atomic mass is 15.1. The van der Waals surface area contributed by atoms with Gasteiger partial charge in [0, 0.05) is 18.7 Å². The Hall–Kier alpha value is -1.81. The van der Waals surface area contributed by atoms with Gasteiger partial charge in [0.25, 0.3) is 0 Å². The molecule has 1 heterocycles. The van der Waals surface area contributed by atoms with E-state index in [1.807, 2.05) is 30.3 Å². The van der Waals surface area contributed by atoms with E-state index in [4.69, 9.17) is 5.73 Å². The van der Waals surface area contributed by atoms with Gasteiger partial charge in [-0.05, 0) is 0 Å². The van der Waals surface area contributed by atoms with Gasteiger partial charge in [0.15, 0.2) is 0 Å². The Balaban J connectivity index is 2.25. The van der Waals surface area contributed by atoms with E-state index >= 15 is 0 Å². The smallest absolute Gasteiger partial charge is 0.0882 e. The fourth-order valence-corrected chi connectivity index (χ4v) is 1.45. The van der Waals surface area contributed by atoms with E-state index in [0.717, 1.165) is 23.5 Å². The number of benzene rings is 1. The average Bonchev–Trinajstić information content (AvgIpc) is 2.75. The molecule has 0 spiro atoms. The number of anilines is 1. The number of aromatic amines is 1. The van der Waals surface area contributed by atoms with Crippen molar-refractivity contribution in [3.05, 3.63) is 36.5 Å². The summed E-state index contributed by atoms with van der Waals surface area (Å²) in [5.41, 5.74) is 8.56. The molecule has 0 radical (unpaired) electrons. The monoisotopic (exact) mass is 202 g/mol. The maximum Gasteiger partial charge on any atom is 0.0882 e. The molecular weight excluding hydrogens is 188 g/mol. The molecule has 0 saturated heterocycles. The largest absolute Gasteiger partial charge is 0.381 e. The summed E-state index contributed by atoms with van der Waals surface area (Å²) >= 11 is 0. The number of aromatic nitrogens is 2. The molecule has 4 heteroatoms. The first kappa shape index (κ1) is 9.73. The van der Waals surface area contributed by atoms with E-state index in [9.17, 15) is 0 Å². The number of rotatable bonds is 4. The lowest BCUT2D eigenvalue weighted by atomic mass is 10.1. The first-order chi connectivity index (χ1) is 7.42. The zero-order chi connectivity index (χ0) is 10.5. The van der Waals surface area contributed by atoms with Gasteiger partial charge in [0.1, 0.15) is 0 Å². The topological polar surface area (TPSA) is 66.7 Å². The molecule has 0 aliphatic rings. The molecule has 0 fully saturated rings. The summed E-state index contributed by atoms with van der Waals surface area (Å²) in [6.45, 7) is 1.36. The van der Waals surface area contributed by atoms with E-state index in [1.165, 1.54) is 0 Å². The molecular formula is C11H14N4. The number of H-pyrrole nitrogens is 1. The van der Waals surface area contributed by atoms with Crippen molar-refractivity contribution in [3.63, 3.8) is 0 Å². The molecule has 15 heavy (non-hydrogen) atoms. The number of hydrogen-bond donors (Lipinski definition) is 3. The van der Waals surface area contributed by atoms with Crippen LogP contribution in [0.3, 0.4) is 0 Å². The summed E-state index contributed by atoms with van der Waals surface area (Å²) in [4.78, 5) is 0. The Morgan fingerprint density at radius 1 is 1.27 bits per heavy atom. The molecule has 2 aromatic rings. The highest BCUT2D eigenvalue weighted by molar-refractivity contribution is 5.73. The van der Waals surface area contributed by atoms with Crippen LogP contribution in [0.2, 0.25) is 0 Å². The van der Waals surface area contributed by atoms with Crippen LogP contribution in [-0.2, 0) is 0 Å². The second-order valence-electron chi connectivity index (χ2n) is 3.24. The minimum atomic E-state index is 0.611. The first-order valence-corrected chi connectivity index (χ1v) is 4.94. The SMILES string of the molecule is NCCNc1cn[nH]c1-c1ccccc1. The van der Waals surface area contributed by atoms with Crippen molar-refractivity contribution in [1.82, 2.24) is 10.2 Å². The van der Waals surface area contributed by atoms with Crippen LogP contribution < -0.4 is 11.1 Å². The van der Waals surface area contributed by atoms with Crippen molar-refractivity contribution in [3.8, 4) is 11.3 Å². The van der Waals surface area contributed by atoms with Gasteiger partial charge in [0.05, 0.1) is 17.6 Å². The molecule has 0 atom stereocenters. The van der Waals surface area contributed by atoms with Crippen molar-refractivity contribution in [2.24, 2.45) is 5.73 Å². The summed E-state index contributed by atoms with van der Waals surface area (Å²) in [5.74, 6) is 0. The summed E-state index contributed by atoms with van der Waals surface area (Å²) in [6, 6.07) is 10.1. The number of nitrogens with zero attached hydrogens (tertiary/aromatic N) is 1. The maximum atomic E-state index is 5.44. The fourth-order valence-electron chi connectivity index (χ4n) is 1.45. The summed E-state index contributed by atoms with van der Waals surface area (Å²) in [7, 11) is 0. The van der Waals surface area contributed by atoms with Crippen molar-refractivity contribution >= 4 is 5.69 Å². The molecule has 0 amide bonds. The standard InChI is InChI=1S/C11H14N4/c12-6-7-13-10-8-14-15-11(10)9-4-2-1-3-5-9/h1-5,8,13H,6-7,12H2,(H,14,15). The van der Waals surface area contributed by atoms with Crippen LogP contribution in [0, 0.1) is 0 Å². The van der Waals surface area contributed by atoms with Gasteiger partial charge in [-0.3, -0.25) is 5.10 Å². The van der Waals surface area contributed by atoms with Gasteiger partial charge in [-0.1, -0.05) is 30.3 Å². The van der Waals surface area contributed by atoms with Gasteiger partial charge >= 0.3 is 0 Å². The molecule has 4 N–H and O–H groups in total. The van der Waals surface area contributed by atoms with Crippen molar-refractivity contribution < 1.29 is 0 Å². The average molecular weight is 202 g/mol. The lowest BCUT2D eigenvalue weighted by Gasteiger charge is -2.04. The molecule has 78 valence electrons. The van der Waals surface area contributed by atoms with Crippen molar-refractivity contribution in [2.45, 2.75) is 0 Å². The van der Waals surface area contributed by atoms with Crippen LogP contribution in [0.15, 0.2) is 36.5 Å². The lowest BCUT2D eigenvalue weighted by Crippen LogP contribution is -2.13. The Morgan fingerprint density at radius 2 is 2.07 bits per heavy atom. The van der Waals surface area contributed by atoms with Crippen molar-refractivity contribution in [1.29, 1.82) is 0 Å². The number of nitrogens with one attached hydrogen (secondary N) is 2. The minimum absolute atomic E-state index is 0.611. The van der Waals surface area contributed by atoms with Crippen LogP contribution in [0.5, 0.6) is 0 Å². The van der Waals surface area contributed by atoms with Crippen LogP contribution in [0.4, 0.5) is 5.69 Å². The third kappa shape index (κ3) is 2.16. The summed E-state index contributed by atoms with van der Waals surface area (Å²) in [6.07, 6.45) is 1.78. The van der Waals surface area contributed by atoms with Gasteiger partial charge in [0.2, 0.25) is 0 Å². The normalized spacial score (nSPS) is 10.2. The molecule has 2 rings (SSSR count). The summed E-state index contributed by atoms with van der Waals surface area (Å²) < 4.78 is 0. The van der Waals surface area contributed by atoms with Gasteiger partial charge in [-0.2, -0.15) is 5.10 Å². The van der Waals surface area contributed by atoms with Crippen LogP contribution in [0.1, 0.15) is 0 Å². The predicted octanol–water partition coefficient (Wildman–Crippen LogP) is 1.45. The van der Waals surface area contributed by atoms with Crippen LogP contribution >= 0.6 is 0 Å². The third-order valence-electron chi connectivity index (χ3n) is 2.16. The second kappa shape index (κ2) is 4.61. The quantitative estimate of drug-likeness (QED) is 0.703. The Labute approximate surface area is 88.5 Å². The van der Waals surface area contributed by atoms with Crippen LogP contribution in [0.25, 0.3) is 11.3 Å². The van der Waals surface area contributed by atoms with Gasteiger partial charge in [-0.15, -0.1) is 0 Å². The highest BCUT2D eigenvalue weighted by Crippen LogP contribution is 2.24. The molecule has 0 unspecified atom stereocenters. The minimum Gasteiger partial charge on any atom is -0.381 e. The molecule has 1 aromatic carbocycles. The van der Waals surface area contributed by atoms with Gasteiger partial charge in [-0.25, -0.2) is 0 Å². The molecule has 0 bridgehead atoms. The zero-order valence-electron chi connectivity index (χ0n) is 8.40. The predicted molar refractivity (Wildman–Crippen MR) is 61.6 cm³/mol. The maximum absolute atomic E-state index is 5.44. The molecule has 0 saturated carbocycles. The van der Waals surface area contributed by atoms with Crippen LogP contribution in [-0.4, -0.2) is 23.3 Å².